The second-order valence-corrected chi connectivity index (χ2v) is 6.20. The Morgan fingerprint density at radius 3 is 2.67 bits per heavy atom. The van der Waals surface area contributed by atoms with E-state index in [2.05, 4.69) is 36.3 Å². The van der Waals surface area contributed by atoms with Crippen molar-refractivity contribution in [2.75, 3.05) is 0 Å². The third kappa shape index (κ3) is 2.94. The van der Waals surface area contributed by atoms with E-state index in [0.717, 1.165) is 11.3 Å². The summed E-state index contributed by atoms with van der Waals surface area (Å²) >= 11 is 1.62. The van der Waals surface area contributed by atoms with Crippen LogP contribution in [0.3, 0.4) is 0 Å². The minimum atomic E-state index is -0.530. The van der Waals surface area contributed by atoms with Crippen molar-refractivity contribution >= 4 is 21.4 Å². The first-order valence-corrected chi connectivity index (χ1v) is 7.36. The van der Waals surface area contributed by atoms with Gasteiger partial charge in [-0.25, -0.2) is 4.39 Å². The van der Waals surface area contributed by atoms with Gasteiger partial charge in [-0.3, -0.25) is 16.3 Å². The molecule has 0 aliphatic heterocycles. The molecule has 4 heteroatoms. The van der Waals surface area contributed by atoms with Crippen LogP contribution in [0.25, 0.3) is 10.1 Å². The molecule has 1 aromatic carbocycles. The molecule has 0 fully saturated rings. The zero-order valence-corrected chi connectivity index (χ0v) is 15.0. The molecular formula is C17H15FIrNS-. The number of pyridine rings is 1. The first kappa shape index (κ1) is 16.3. The van der Waals surface area contributed by atoms with E-state index in [1.54, 1.807) is 17.4 Å². The smallest absolute Gasteiger partial charge is 0.131 e. The van der Waals surface area contributed by atoms with Gasteiger partial charge in [-0.05, 0) is 12.1 Å². The van der Waals surface area contributed by atoms with Gasteiger partial charge in [0.25, 0.3) is 0 Å². The summed E-state index contributed by atoms with van der Waals surface area (Å²) in [5.74, 6) is 0. The number of fused-ring (bicyclic) bond motifs is 1. The van der Waals surface area contributed by atoms with E-state index in [1.165, 1.54) is 10.1 Å². The van der Waals surface area contributed by atoms with Crippen molar-refractivity contribution < 1.29 is 24.5 Å². The summed E-state index contributed by atoms with van der Waals surface area (Å²) < 4.78 is 14.0. The Labute approximate surface area is 141 Å². The van der Waals surface area contributed by atoms with E-state index in [9.17, 15) is 4.39 Å². The van der Waals surface area contributed by atoms with Gasteiger partial charge in [0.05, 0.1) is 5.69 Å². The molecule has 111 valence electrons. The minimum absolute atomic E-state index is 0. The summed E-state index contributed by atoms with van der Waals surface area (Å²) in [6.07, 6.45) is 0. The average Bonchev–Trinajstić information content (AvgIpc) is 2.92. The topological polar surface area (TPSA) is 12.9 Å². The number of hydrogen-bond acceptors (Lipinski definition) is 2. The van der Waals surface area contributed by atoms with Crippen molar-refractivity contribution in [3.8, 4) is 0 Å². The molecule has 0 aliphatic rings. The van der Waals surface area contributed by atoms with Crippen LogP contribution in [0.1, 0.15) is 30.8 Å². The molecule has 3 rings (SSSR count). The van der Waals surface area contributed by atoms with Gasteiger partial charge < -0.3 is 0 Å². The summed E-state index contributed by atoms with van der Waals surface area (Å²) in [7, 11) is 0. The molecule has 0 atom stereocenters. The number of thiophene rings is 1. The van der Waals surface area contributed by atoms with Crippen LogP contribution in [0, 0.1) is 5.38 Å². The normalized spacial score (nSPS) is 11.4. The van der Waals surface area contributed by atoms with Crippen molar-refractivity contribution in [3.05, 3.63) is 64.8 Å². The molecule has 0 N–H and O–H groups in total. The maximum atomic E-state index is 12.8. The molecule has 1 nitrogen and oxygen atoms in total. The molecule has 3 aromatic rings. The Balaban J connectivity index is 0.00000161. The van der Waals surface area contributed by atoms with Crippen LogP contribution >= 0.6 is 11.3 Å². The van der Waals surface area contributed by atoms with Crippen LogP contribution in [0.2, 0.25) is 0 Å². The van der Waals surface area contributed by atoms with Gasteiger partial charge in [-0.15, -0.1) is 27.8 Å². The van der Waals surface area contributed by atoms with Crippen LogP contribution < -0.4 is 0 Å². The molecule has 0 unspecified atom stereocenters. The molecular weight excluding hydrogens is 461 g/mol. The van der Waals surface area contributed by atoms with Gasteiger partial charge in [0.15, 0.2) is 0 Å². The summed E-state index contributed by atoms with van der Waals surface area (Å²) in [5, 5.41) is 4.60. The summed E-state index contributed by atoms with van der Waals surface area (Å²) in [6.45, 7) is 3.70. The Kier molecular flexibility index (Phi) is 4.92. The van der Waals surface area contributed by atoms with Crippen LogP contribution in [0.5, 0.6) is 0 Å². The SMILES string of the molecule is CC(C)(c1cccc(CF)n1)c1[c-]sc2ccccc12.[Ir]. The number of benzene rings is 1. The van der Waals surface area contributed by atoms with Gasteiger partial charge in [-0.1, -0.05) is 32.0 Å². The van der Waals surface area contributed by atoms with Gasteiger partial charge in [-0.2, -0.15) is 5.39 Å². The van der Waals surface area contributed by atoms with Gasteiger partial charge >= 0.3 is 0 Å². The van der Waals surface area contributed by atoms with E-state index in [0.29, 0.717) is 5.69 Å². The van der Waals surface area contributed by atoms with E-state index < -0.39 is 6.67 Å². The van der Waals surface area contributed by atoms with E-state index in [-0.39, 0.29) is 25.5 Å². The second-order valence-electron chi connectivity index (χ2n) is 5.35. The zero-order valence-electron chi connectivity index (χ0n) is 11.8. The monoisotopic (exact) mass is 477 g/mol. The number of nitrogens with zero attached hydrogens (tertiary/aromatic N) is 1. The molecule has 1 radical (unpaired) electrons. The van der Waals surface area contributed by atoms with Crippen molar-refractivity contribution in [1.29, 1.82) is 0 Å². The number of halogens is 1. The number of alkyl halides is 1. The number of hydrogen-bond donors (Lipinski definition) is 0. The molecule has 0 saturated heterocycles. The zero-order chi connectivity index (χ0) is 14.2. The fraction of sp³-hybridized carbons (Fsp3) is 0.235. The fourth-order valence-electron chi connectivity index (χ4n) is 2.42. The quantitative estimate of drug-likeness (QED) is 0.491. The van der Waals surface area contributed by atoms with Crippen molar-refractivity contribution in [1.82, 2.24) is 4.98 Å². The molecule has 0 bridgehead atoms. The van der Waals surface area contributed by atoms with E-state index in [4.69, 9.17) is 0 Å². The molecule has 0 aliphatic carbocycles. The van der Waals surface area contributed by atoms with Crippen molar-refractivity contribution in [2.45, 2.75) is 25.9 Å². The largest absolute Gasteiger partial charge is 0.295 e. The summed E-state index contributed by atoms with van der Waals surface area (Å²) in [4.78, 5) is 4.44. The fourth-order valence-corrected chi connectivity index (χ4v) is 3.42. The van der Waals surface area contributed by atoms with E-state index >= 15 is 0 Å². The third-order valence-electron chi connectivity index (χ3n) is 3.63. The third-order valence-corrected chi connectivity index (χ3v) is 4.51. The summed E-state index contributed by atoms with van der Waals surface area (Å²) in [6, 6.07) is 13.8. The Morgan fingerprint density at radius 2 is 1.90 bits per heavy atom. The standard InChI is InChI=1S/C17H15FNS.Ir/c1-17(2,16-9-5-6-12(10-18)19-16)14-11-20-15-8-4-3-7-13(14)15;/h3-9H,10H2,1-2H3;/q-1;. The predicted octanol–water partition coefficient (Wildman–Crippen LogP) is 4.89. The van der Waals surface area contributed by atoms with Crippen LogP contribution in [-0.4, -0.2) is 4.98 Å². The molecule has 0 spiro atoms. The number of aromatic nitrogens is 1. The molecule has 0 saturated carbocycles. The molecule has 21 heavy (non-hydrogen) atoms. The molecule has 0 amide bonds. The molecule has 2 aromatic heterocycles. The maximum absolute atomic E-state index is 12.8. The first-order chi connectivity index (χ1) is 9.63. The van der Waals surface area contributed by atoms with E-state index in [1.807, 2.05) is 24.3 Å². The average molecular weight is 477 g/mol. The van der Waals surface area contributed by atoms with Crippen molar-refractivity contribution in [2.24, 2.45) is 0 Å². The van der Waals surface area contributed by atoms with Crippen LogP contribution in [0.4, 0.5) is 4.39 Å². The van der Waals surface area contributed by atoms with Crippen LogP contribution in [-0.2, 0) is 32.2 Å². The second kappa shape index (κ2) is 6.35. The Hall–Kier alpha value is -1.09. The predicted molar refractivity (Wildman–Crippen MR) is 81.8 cm³/mol. The Bertz CT molecular complexity index is 751. The first-order valence-electron chi connectivity index (χ1n) is 6.55. The van der Waals surface area contributed by atoms with Crippen LogP contribution in [0.15, 0.2) is 42.5 Å². The molecule has 2 heterocycles. The Morgan fingerprint density at radius 1 is 1.14 bits per heavy atom. The van der Waals surface area contributed by atoms with Gasteiger partial charge in [0.2, 0.25) is 0 Å². The van der Waals surface area contributed by atoms with Gasteiger partial charge in [0.1, 0.15) is 6.67 Å². The number of rotatable bonds is 3. The maximum Gasteiger partial charge on any atom is 0.131 e. The summed E-state index contributed by atoms with van der Waals surface area (Å²) in [5.41, 5.74) is 2.20. The minimum Gasteiger partial charge on any atom is -0.295 e. The van der Waals surface area contributed by atoms with Crippen molar-refractivity contribution in [3.63, 3.8) is 0 Å². The van der Waals surface area contributed by atoms with Gasteiger partial charge in [0, 0.05) is 31.2 Å².